The van der Waals surface area contributed by atoms with Crippen LogP contribution in [0.2, 0.25) is 0 Å². The molecule has 0 bridgehead atoms. The third-order valence-electron chi connectivity index (χ3n) is 2.46. The molecule has 0 aromatic rings. The normalized spacial score (nSPS) is 17.8. The van der Waals surface area contributed by atoms with Crippen LogP contribution < -0.4 is 0 Å². The van der Waals surface area contributed by atoms with Crippen molar-refractivity contribution in [2.45, 2.75) is 25.9 Å². The zero-order chi connectivity index (χ0) is 10.1. The smallest absolute Gasteiger partial charge is 0.236 e. The summed E-state index contributed by atoms with van der Waals surface area (Å²) >= 11 is 0. The Morgan fingerprint density at radius 1 is 1.69 bits per heavy atom. The number of aliphatic hydroxyl groups is 1. The molecule has 4 nitrogen and oxygen atoms in total. The Bertz CT molecular complexity index is 243. The molecule has 0 spiro atoms. The number of amides is 1. The van der Waals surface area contributed by atoms with E-state index in [1.165, 1.54) is 0 Å². The monoisotopic (exact) mass is 182 g/mol. The largest absolute Gasteiger partial charge is 0.390 e. The van der Waals surface area contributed by atoms with Crippen LogP contribution in [0.25, 0.3) is 0 Å². The minimum Gasteiger partial charge on any atom is -0.390 e. The van der Waals surface area contributed by atoms with Gasteiger partial charge in [-0.05, 0) is 13.8 Å². The van der Waals surface area contributed by atoms with Gasteiger partial charge in [0.05, 0.1) is 11.7 Å². The van der Waals surface area contributed by atoms with Gasteiger partial charge in [-0.1, -0.05) is 0 Å². The zero-order valence-electron chi connectivity index (χ0n) is 7.95. The average Bonchev–Trinajstić information content (AvgIpc) is 1.79. The molecule has 0 aromatic heterocycles. The third-order valence-corrected chi connectivity index (χ3v) is 2.46. The minimum atomic E-state index is -0.719. The van der Waals surface area contributed by atoms with E-state index in [0.717, 1.165) is 0 Å². The second-order valence-electron chi connectivity index (χ2n) is 3.98. The number of nitriles is 1. The molecule has 0 atom stereocenters. The molecule has 0 saturated carbocycles. The maximum Gasteiger partial charge on any atom is 0.236 e. The molecule has 0 radical (unpaired) electrons. The summed E-state index contributed by atoms with van der Waals surface area (Å²) in [6, 6.07) is 1.82. The molecule has 0 aromatic carbocycles. The maximum atomic E-state index is 11.1. The lowest BCUT2D eigenvalue weighted by Crippen LogP contribution is -2.57. The summed E-state index contributed by atoms with van der Waals surface area (Å²) in [5.41, 5.74) is -0.719. The first-order chi connectivity index (χ1) is 5.95. The lowest BCUT2D eigenvalue weighted by Gasteiger charge is -2.44. The van der Waals surface area contributed by atoms with Crippen molar-refractivity contribution in [1.29, 1.82) is 5.26 Å². The van der Waals surface area contributed by atoms with Gasteiger partial charge in [-0.15, -0.1) is 0 Å². The van der Waals surface area contributed by atoms with Gasteiger partial charge >= 0.3 is 0 Å². The van der Waals surface area contributed by atoms with Crippen LogP contribution in [0, 0.1) is 17.2 Å². The quantitative estimate of drug-likeness (QED) is 0.660. The van der Waals surface area contributed by atoms with Gasteiger partial charge in [0, 0.05) is 19.0 Å². The van der Waals surface area contributed by atoms with Crippen LogP contribution in [0.3, 0.4) is 0 Å². The summed E-state index contributed by atoms with van der Waals surface area (Å²) in [6.07, 6.45) is -0.0570. The Kier molecular flexibility index (Phi) is 2.58. The van der Waals surface area contributed by atoms with Gasteiger partial charge in [0.25, 0.3) is 0 Å². The number of carbonyl (C=O) groups is 1. The van der Waals surface area contributed by atoms with Gasteiger partial charge in [-0.2, -0.15) is 5.26 Å². The molecule has 72 valence electrons. The van der Waals surface area contributed by atoms with E-state index in [1.54, 1.807) is 18.7 Å². The summed E-state index contributed by atoms with van der Waals surface area (Å²) in [7, 11) is 0. The van der Waals surface area contributed by atoms with Crippen molar-refractivity contribution in [2.24, 2.45) is 5.92 Å². The van der Waals surface area contributed by atoms with E-state index in [2.05, 4.69) is 0 Å². The first-order valence-corrected chi connectivity index (χ1v) is 4.32. The highest BCUT2D eigenvalue weighted by molar-refractivity contribution is 5.79. The van der Waals surface area contributed by atoms with Crippen molar-refractivity contribution in [3.05, 3.63) is 0 Å². The summed E-state index contributed by atoms with van der Waals surface area (Å²) < 4.78 is 0. The number of carbonyl (C=O) groups excluding carboxylic acids is 1. The highest BCUT2D eigenvalue weighted by Crippen LogP contribution is 2.26. The zero-order valence-corrected chi connectivity index (χ0v) is 7.95. The standard InChI is InChI=1S/C9H14N2O2/c1-9(2,13)7-5-11(6-7)8(12)3-4-10/h7,13H,3,5-6H2,1-2H3. The first-order valence-electron chi connectivity index (χ1n) is 4.32. The van der Waals surface area contributed by atoms with Crippen LogP contribution in [0.1, 0.15) is 20.3 Å². The predicted octanol–water partition coefficient (Wildman–Crippen LogP) is 0.129. The number of hydrogen-bond acceptors (Lipinski definition) is 3. The summed E-state index contributed by atoms with van der Waals surface area (Å²) in [6.45, 7) is 4.63. The maximum absolute atomic E-state index is 11.1. The van der Waals surface area contributed by atoms with Gasteiger partial charge in [0.2, 0.25) is 5.91 Å². The van der Waals surface area contributed by atoms with E-state index >= 15 is 0 Å². The van der Waals surface area contributed by atoms with E-state index in [0.29, 0.717) is 13.1 Å². The Labute approximate surface area is 77.8 Å². The fourth-order valence-corrected chi connectivity index (χ4v) is 1.31. The van der Waals surface area contributed by atoms with Crippen LogP contribution in [0.15, 0.2) is 0 Å². The average molecular weight is 182 g/mol. The number of rotatable bonds is 2. The fraction of sp³-hybridized carbons (Fsp3) is 0.778. The number of likely N-dealkylation sites (tertiary alicyclic amines) is 1. The summed E-state index contributed by atoms with van der Waals surface area (Å²) in [5.74, 6) is 0.0122. The van der Waals surface area contributed by atoms with E-state index < -0.39 is 5.60 Å². The van der Waals surface area contributed by atoms with Crippen molar-refractivity contribution < 1.29 is 9.90 Å². The van der Waals surface area contributed by atoms with Crippen LogP contribution >= 0.6 is 0 Å². The van der Waals surface area contributed by atoms with E-state index in [4.69, 9.17) is 5.26 Å². The number of nitrogens with zero attached hydrogens (tertiary/aromatic N) is 2. The number of hydrogen-bond donors (Lipinski definition) is 1. The highest BCUT2D eigenvalue weighted by atomic mass is 16.3. The molecule has 1 aliphatic heterocycles. The van der Waals surface area contributed by atoms with Crippen LogP contribution in [-0.4, -0.2) is 34.6 Å². The second kappa shape index (κ2) is 3.35. The molecule has 1 rings (SSSR count). The SMILES string of the molecule is CC(C)(O)C1CN(C(=O)CC#N)C1. The summed E-state index contributed by atoms with van der Waals surface area (Å²) in [5, 5.41) is 17.8. The second-order valence-corrected chi connectivity index (χ2v) is 3.98. The molecule has 0 unspecified atom stereocenters. The lowest BCUT2D eigenvalue weighted by molar-refractivity contribution is -0.143. The molecule has 13 heavy (non-hydrogen) atoms. The molecule has 1 amide bonds. The molecule has 1 N–H and O–H groups in total. The van der Waals surface area contributed by atoms with Gasteiger partial charge in [0.1, 0.15) is 6.42 Å². The molecule has 0 aliphatic carbocycles. The molecule has 1 fully saturated rings. The van der Waals surface area contributed by atoms with Gasteiger partial charge in [-0.25, -0.2) is 0 Å². The molecule has 1 saturated heterocycles. The third kappa shape index (κ3) is 2.19. The Morgan fingerprint density at radius 2 is 2.23 bits per heavy atom. The van der Waals surface area contributed by atoms with E-state index in [-0.39, 0.29) is 18.2 Å². The van der Waals surface area contributed by atoms with Gasteiger partial charge in [0.15, 0.2) is 0 Å². The predicted molar refractivity (Wildman–Crippen MR) is 46.6 cm³/mol. The van der Waals surface area contributed by atoms with Crippen molar-refractivity contribution >= 4 is 5.91 Å². The molecule has 1 heterocycles. The molecular weight excluding hydrogens is 168 g/mol. The first kappa shape index (κ1) is 10.0. The van der Waals surface area contributed by atoms with E-state index in [9.17, 15) is 9.90 Å². The molecule has 1 aliphatic rings. The fourth-order valence-electron chi connectivity index (χ4n) is 1.31. The van der Waals surface area contributed by atoms with Crippen LogP contribution in [0.4, 0.5) is 0 Å². The Hall–Kier alpha value is -1.08. The van der Waals surface area contributed by atoms with Crippen molar-refractivity contribution in [3.63, 3.8) is 0 Å². The van der Waals surface area contributed by atoms with Crippen molar-refractivity contribution in [3.8, 4) is 6.07 Å². The summed E-state index contributed by atoms with van der Waals surface area (Å²) in [4.78, 5) is 12.7. The lowest BCUT2D eigenvalue weighted by atomic mass is 9.84. The highest BCUT2D eigenvalue weighted by Gasteiger charge is 2.39. The Morgan fingerprint density at radius 3 is 2.62 bits per heavy atom. The van der Waals surface area contributed by atoms with Crippen LogP contribution in [0.5, 0.6) is 0 Å². The van der Waals surface area contributed by atoms with Crippen molar-refractivity contribution in [2.75, 3.05) is 13.1 Å². The molecule has 4 heteroatoms. The topological polar surface area (TPSA) is 64.3 Å². The Balaban J connectivity index is 2.34. The van der Waals surface area contributed by atoms with Crippen LogP contribution in [-0.2, 0) is 4.79 Å². The minimum absolute atomic E-state index is 0.0570. The molecular formula is C9H14N2O2. The van der Waals surface area contributed by atoms with Gasteiger partial charge in [-0.3, -0.25) is 4.79 Å². The van der Waals surface area contributed by atoms with Gasteiger partial charge < -0.3 is 10.0 Å². The van der Waals surface area contributed by atoms with Crippen molar-refractivity contribution in [1.82, 2.24) is 4.90 Å². The van der Waals surface area contributed by atoms with E-state index in [1.807, 2.05) is 6.07 Å².